The number of nitrogens with two attached hydrogens (primary N) is 1. The molecule has 0 saturated heterocycles. The molecule has 0 fully saturated rings. The molecule has 0 saturated carbocycles. The van der Waals surface area contributed by atoms with Crippen LogP contribution in [0, 0.1) is 5.82 Å². The van der Waals surface area contributed by atoms with E-state index in [9.17, 15) is 14.0 Å². The van der Waals surface area contributed by atoms with Crippen molar-refractivity contribution in [3.8, 4) is 0 Å². The van der Waals surface area contributed by atoms with Gasteiger partial charge >= 0.3 is 5.97 Å². The number of carbonyl (C=O) groups excluding carboxylic acids is 1. The van der Waals surface area contributed by atoms with Gasteiger partial charge in [-0.2, -0.15) is 0 Å². The van der Waals surface area contributed by atoms with Crippen molar-refractivity contribution in [3.63, 3.8) is 0 Å². The summed E-state index contributed by atoms with van der Waals surface area (Å²) >= 11 is 3.23. The number of nitrogens with one attached hydrogen (secondary N) is 1. The number of hydrogen-bond acceptors (Lipinski definition) is 3. The molecule has 0 radical (unpaired) electrons. The maximum absolute atomic E-state index is 13.6. The highest BCUT2D eigenvalue weighted by molar-refractivity contribution is 9.10. The summed E-state index contributed by atoms with van der Waals surface area (Å²) in [4.78, 5) is 22.1. The van der Waals surface area contributed by atoms with Gasteiger partial charge in [0.1, 0.15) is 5.82 Å². The Balaban J connectivity index is 2.37. The summed E-state index contributed by atoms with van der Waals surface area (Å²) in [6.45, 7) is 0. The summed E-state index contributed by atoms with van der Waals surface area (Å²) < 4.78 is 14.3. The number of benzene rings is 2. The highest BCUT2D eigenvalue weighted by Crippen LogP contribution is 2.25. The van der Waals surface area contributed by atoms with E-state index in [1.807, 2.05) is 0 Å². The summed E-state index contributed by atoms with van der Waals surface area (Å²) in [5.41, 5.74) is 5.79. The van der Waals surface area contributed by atoms with Crippen molar-refractivity contribution in [1.29, 1.82) is 0 Å². The average molecular weight is 353 g/mol. The third kappa shape index (κ3) is 3.38. The Hall–Kier alpha value is -2.41. The molecule has 0 heterocycles. The van der Waals surface area contributed by atoms with Crippen LogP contribution in [0.15, 0.2) is 40.9 Å². The molecule has 1 amide bonds. The SMILES string of the molecule is NC(=O)c1cc(Br)ccc1Nc1ccc(C(=O)O)c(F)c1. The average Bonchev–Trinajstić information content (AvgIpc) is 2.40. The van der Waals surface area contributed by atoms with Crippen LogP contribution in [0.4, 0.5) is 15.8 Å². The molecule has 0 unspecified atom stereocenters. The molecule has 0 aliphatic carbocycles. The zero-order valence-corrected chi connectivity index (χ0v) is 12.1. The first-order valence-electron chi connectivity index (χ1n) is 5.77. The van der Waals surface area contributed by atoms with Gasteiger partial charge in [-0.15, -0.1) is 0 Å². The Morgan fingerprint density at radius 2 is 1.86 bits per heavy atom. The molecule has 0 bridgehead atoms. The van der Waals surface area contributed by atoms with Gasteiger partial charge in [0.15, 0.2) is 0 Å². The van der Waals surface area contributed by atoms with Gasteiger partial charge < -0.3 is 16.2 Å². The summed E-state index contributed by atoms with van der Waals surface area (Å²) in [5.74, 6) is -2.85. The Morgan fingerprint density at radius 1 is 1.14 bits per heavy atom. The maximum Gasteiger partial charge on any atom is 0.338 e. The predicted octanol–water partition coefficient (Wildman–Crippen LogP) is 3.13. The molecular formula is C14H10BrFN2O3. The number of halogens is 2. The van der Waals surface area contributed by atoms with E-state index in [1.54, 1.807) is 12.1 Å². The standard InChI is InChI=1S/C14H10BrFN2O3/c15-7-1-4-12(10(5-7)13(17)19)18-8-2-3-9(14(20)21)11(16)6-8/h1-6,18H,(H2,17,19)(H,20,21). The van der Waals surface area contributed by atoms with Crippen LogP contribution in [0.25, 0.3) is 0 Å². The zero-order chi connectivity index (χ0) is 15.6. The quantitative estimate of drug-likeness (QED) is 0.787. The fourth-order valence-corrected chi connectivity index (χ4v) is 2.11. The lowest BCUT2D eigenvalue weighted by Crippen LogP contribution is -2.13. The first-order valence-corrected chi connectivity index (χ1v) is 6.57. The van der Waals surface area contributed by atoms with Gasteiger partial charge in [-0.1, -0.05) is 15.9 Å². The monoisotopic (exact) mass is 352 g/mol. The van der Waals surface area contributed by atoms with Crippen LogP contribution in [0.1, 0.15) is 20.7 Å². The van der Waals surface area contributed by atoms with E-state index in [4.69, 9.17) is 10.8 Å². The van der Waals surface area contributed by atoms with Crippen molar-refractivity contribution in [2.75, 3.05) is 5.32 Å². The van der Waals surface area contributed by atoms with Crippen molar-refractivity contribution in [1.82, 2.24) is 0 Å². The molecule has 2 aromatic carbocycles. The van der Waals surface area contributed by atoms with Crippen LogP contribution in [-0.4, -0.2) is 17.0 Å². The number of carboxylic acid groups (broad SMARTS) is 1. The minimum atomic E-state index is -1.35. The molecule has 0 aliphatic rings. The first-order chi connectivity index (χ1) is 9.88. The van der Waals surface area contributed by atoms with Crippen molar-refractivity contribution in [2.24, 2.45) is 5.73 Å². The Labute approximate surface area is 127 Å². The third-order valence-corrected chi connectivity index (χ3v) is 3.22. The highest BCUT2D eigenvalue weighted by Gasteiger charge is 2.12. The number of anilines is 2. The molecule has 7 heteroatoms. The lowest BCUT2D eigenvalue weighted by Gasteiger charge is -2.11. The molecule has 2 aromatic rings. The summed E-state index contributed by atoms with van der Waals surface area (Å²) in [5, 5.41) is 11.6. The molecule has 0 aliphatic heterocycles. The van der Waals surface area contributed by atoms with Crippen LogP contribution in [0.2, 0.25) is 0 Å². The van der Waals surface area contributed by atoms with Crippen LogP contribution in [0.3, 0.4) is 0 Å². The van der Waals surface area contributed by atoms with Crippen LogP contribution < -0.4 is 11.1 Å². The van der Waals surface area contributed by atoms with Crippen LogP contribution >= 0.6 is 15.9 Å². The van der Waals surface area contributed by atoms with E-state index in [1.165, 1.54) is 12.1 Å². The van der Waals surface area contributed by atoms with Crippen LogP contribution in [0.5, 0.6) is 0 Å². The van der Waals surface area contributed by atoms with Gasteiger partial charge in [-0.25, -0.2) is 9.18 Å². The number of aromatic carboxylic acids is 1. The first kappa shape index (κ1) is 15.0. The van der Waals surface area contributed by atoms with E-state index in [0.29, 0.717) is 15.8 Å². The molecule has 21 heavy (non-hydrogen) atoms. The van der Waals surface area contributed by atoms with Gasteiger partial charge in [0.05, 0.1) is 16.8 Å². The largest absolute Gasteiger partial charge is 0.478 e. The maximum atomic E-state index is 13.6. The molecule has 4 N–H and O–H groups in total. The minimum Gasteiger partial charge on any atom is -0.478 e. The van der Waals surface area contributed by atoms with Crippen molar-refractivity contribution < 1.29 is 19.1 Å². The van der Waals surface area contributed by atoms with Crippen molar-refractivity contribution in [2.45, 2.75) is 0 Å². The van der Waals surface area contributed by atoms with E-state index in [2.05, 4.69) is 21.2 Å². The predicted molar refractivity (Wildman–Crippen MR) is 79.3 cm³/mol. The van der Waals surface area contributed by atoms with Crippen LogP contribution in [-0.2, 0) is 0 Å². The van der Waals surface area contributed by atoms with E-state index >= 15 is 0 Å². The second kappa shape index (κ2) is 5.92. The molecule has 0 spiro atoms. The number of rotatable bonds is 4. The van der Waals surface area contributed by atoms with Gasteiger partial charge in [0.2, 0.25) is 0 Å². The topological polar surface area (TPSA) is 92.4 Å². The minimum absolute atomic E-state index is 0.229. The lowest BCUT2D eigenvalue weighted by molar-refractivity contribution is 0.0691. The van der Waals surface area contributed by atoms with E-state index in [-0.39, 0.29) is 5.56 Å². The number of primary amides is 1. The normalized spacial score (nSPS) is 10.2. The zero-order valence-electron chi connectivity index (χ0n) is 10.6. The Kier molecular flexibility index (Phi) is 4.23. The van der Waals surface area contributed by atoms with Gasteiger partial charge in [-0.3, -0.25) is 4.79 Å². The van der Waals surface area contributed by atoms with Crippen molar-refractivity contribution >= 4 is 39.2 Å². The van der Waals surface area contributed by atoms with Crippen molar-refractivity contribution in [3.05, 3.63) is 57.8 Å². The molecule has 0 atom stereocenters. The second-order valence-electron chi connectivity index (χ2n) is 4.18. The smallest absolute Gasteiger partial charge is 0.338 e. The number of hydrogen-bond donors (Lipinski definition) is 3. The molecule has 0 aromatic heterocycles. The Bertz CT molecular complexity index is 734. The van der Waals surface area contributed by atoms with Gasteiger partial charge in [-0.05, 0) is 36.4 Å². The number of amides is 1. The molecule has 108 valence electrons. The lowest BCUT2D eigenvalue weighted by atomic mass is 10.1. The Morgan fingerprint density at radius 3 is 2.43 bits per heavy atom. The highest BCUT2D eigenvalue weighted by atomic mass is 79.9. The molecule has 5 nitrogen and oxygen atoms in total. The fourth-order valence-electron chi connectivity index (χ4n) is 1.75. The van der Waals surface area contributed by atoms with Gasteiger partial charge in [0, 0.05) is 10.2 Å². The second-order valence-corrected chi connectivity index (χ2v) is 5.09. The summed E-state index contributed by atoms with van der Waals surface area (Å²) in [6.07, 6.45) is 0. The van der Waals surface area contributed by atoms with Gasteiger partial charge in [0.25, 0.3) is 5.91 Å². The van der Waals surface area contributed by atoms with E-state index < -0.39 is 23.3 Å². The molecule has 2 rings (SSSR count). The number of carbonyl (C=O) groups is 2. The van der Waals surface area contributed by atoms with E-state index in [0.717, 1.165) is 12.1 Å². The summed E-state index contributed by atoms with van der Waals surface area (Å²) in [6, 6.07) is 8.41. The molecular weight excluding hydrogens is 343 g/mol. The number of carboxylic acids is 1. The third-order valence-electron chi connectivity index (χ3n) is 2.73. The summed E-state index contributed by atoms with van der Waals surface area (Å²) in [7, 11) is 0. The fraction of sp³-hybridized carbons (Fsp3) is 0.